The Morgan fingerprint density at radius 1 is 1.32 bits per heavy atom. The molecule has 1 aliphatic rings. The fourth-order valence-electron chi connectivity index (χ4n) is 2.33. The van der Waals surface area contributed by atoms with Crippen LogP contribution >= 0.6 is 23.5 Å². The summed E-state index contributed by atoms with van der Waals surface area (Å²) < 4.78 is 5.82. The summed E-state index contributed by atoms with van der Waals surface area (Å²) >= 11 is 3.28. The number of ether oxygens (including phenoxy) is 1. The van der Waals surface area contributed by atoms with E-state index >= 15 is 0 Å². The maximum Gasteiger partial charge on any atom is 0.269 e. The van der Waals surface area contributed by atoms with Crippen molar-refractivity contribution in [3.05, 3.63) is 69.8 Å². The number of hydrazone groups is 1. The van der Waals surface area contributed by atoms with Crippen LogP contribution < -0.4 is 10.2 Å². The second kappa shape index (κ2) is 10.1. The first-order valence-electron chi connectivity index (χ1n) is 8.57. The van der Waals surface area contributed by atoms with Crippen LogP contribution in [-0.2, 0) is 10.5 Å². The monoisotopic (exact) mass is 417 g/mol. The van der Waals surface area contributed by atoms with Gasteiger partial charge in [-0.05, 0) is 23.3 Å². The lowest BCUT2D eigenvalue weighted by molar-refractivity contribution is -0.384. The van der Waals surface area contributed by atoms with Crippen LogP contribution in [-0.4, -0.2) is 40.4 Å². The number of carbonyl (C=O) groups is 1. The molecule has 1 heterocycles. The molecule has 0 spiro atoms. The van der Waals surface area contributed by atoms with Crippen molar-refractivity contribution in [1.29, 1.82) is 0 Å². The zero-order valence-corrected chi connectivity index (χ0v) is 16.6. The van der Waals surface area contributed by atoms with E-state index in [0.717, 1.165) is 28.4 Å². The highest BCUT2D eigenvalue weighted by Gasteiger charge is 2.19. The molecule has 0 bridgehead atoms. The SMILES string of the molecule is O=C(CSCc1ccc([N+](=O)[O-])cc1)N/N=C\c1cccc(OC2CSC2)c1. The third-order valence-electron chi connectivity index (χ3n) is 3.82. The third kappa shape index (κ3) is 6.28. The van der Waals surface area contributed by atoms with Crippen molar-refractivity contribution in [2.45, 2.75) is 11.9 Å². The highest BCUT2D eigenvalue weighted by Crippen LogP contribution is 2.24. The Bertz CT molecular complexity index is 855. The van der Waals surface area contributed by atoms with Crippen LogP contribution in [0.25, 0.3) is 0 Å². The number of hydrogen-bond donors (Lipinski definition) is 1. The quantitative estimate of drug-likeness (QED) is 0.381. The number of amides is 1. The van der Waals surface area contributed by atoms with Crippen LogP contribution in [0.3, 0.4) is 0 Å². The molecule has 28 heavy (non-hydrogen) atoms. The summed E-state index contributed by atoms with van der Waals surface area (Å²) in [5, 5.41) is 14.6. The number of nitro benzene ring substituents is 1. The van der Waals surface area contributed by atoms with E-state index < -0.39 is 4.92 Å². The van der Waals surface area contributed by atoms with E-state index in [-0.39, 0.29) is 23.5 Å². The summed E-state index contributed by atoms with van der Waals surface area (Å²) in [6.07, 6.45) is 1.87. The fourth-order valence-corrected chi connectivity index (χ4v) is 3.67. The maximum absolute atomic E-state index is 11.9. The molecule has 146 valence electrons. The van der Waals surface area contributed by atoms with Gasteiger partial charge in [0, 0.05) is 29.4 Å². The van der Waals surface area contributed by atoms with Gasteiger partial charge < -0.3 is 4.74 Å². The minimum Gasteiger partial charge on any atom is -0.489 e. The summed E-state index contributed by atoms with van der Waals surface area (Å²) in [4.78, 5) is 22.1. The Morgan fingerprint density at radius 3 is 2.79 bits per heavy atom. The molecule has 9 heteroatoms. The van der Waals surface area contributed by atoms with Gasteiger partial charge >= 0.3 is 0 Å². The van der Waals surface area contributed by atoms with Crippen LogP contribution in [0, 0.1) is 10.1 Å². The number of carbonyl (C=O) groups excluding carboxylic acids is 1. The van der Waals surface area contributed by atoms with Crippen molar-refractivity contribution >= 4 is 41.3 Å². The van der Waals surface area contributed by atoms with Crippen molar-refractivity contribution in [2.24, 2.45) is 5.10 Å². The van der Waals surface area contributed by atoms with Crippen LogP contribution in [0.5, 0.6) is 5.75 Å². The molecule has 0 radical (unpaired) electrons. The molecule has 2 aromatic rings. The average molecular weight is 418 g/mol. The van der Waals surface area contributed by atoms with Gasteiger partial charge in [-0.1, -0.05) is 24.3 Å². The topological polar surface area (TPSA) is 93.8 Å². The summed E-state index contributed by atoms with van der Waals surface area (Å²) in [7, 11) is 0. The molecule has 1 saturated heterocycles. The van der Waals surface area contributed by atoms with Crippen molar-refractivity contribution < 1.29 is 14.5 Å². The molecule has 0 unspecified atom stereocenters. The maximum atomic E-state index is 11.9. The van der Waals surface area contributed by atoms with E-state index in [2.05, 4.69) is 10.5 Å². The van der Waals surface area contributed by atoms with Crippen LogP contribution in [0.1, 0.15) is 11.1 Å². The Labute approximate surface area is 171 Å². The largest absolute Gasteiger partial charge is 0.489 e. The predicted octanol–water partition coefficient (Wildman–Crippen LogP) is 3.47. The first-order chi connectivity index (χ1) is 13.6. The lowest BCUT2D eigenvalue weighted by Crippen LogP contribution is -2.31. The number of hydrogen-bond acceptors (Lipinski definition) is 7. The molecule has 7 nitrogen and oxygen atoms in total. The number of nitro groups is 1. The van der Waals surface area contributed by atoms with Gasteiger partial charge in [0.25, 0.3) is 5.69 Å². The van der Waals surface area contributed by atoms with Gasteiger partial charge in [0.2, 0.25) is 5.91 Å². The molecular formula is C19H19N3O4S2. The van der Waals surface area contributed by atoms with Crippen LogP contribution in [0.15, 0.2) is 53.6 Å². The van der Waals surface area contributed by atoms with Gasteiger partial charge in [-0.2, -0.15) is 16.9 Å². The molecule has 3 rings (SSSR count). The second-order valence-electron chi connectivity index (χ2n) is 6.06. The molecule has 1 aliphatic heterocycles. The zero-order chi connectivity index (χ0) is 19.8. The molecule has 1 amide bonds. The number of nitrogens with one attached hydrogen (secondary N) is 1. The number of thioether (sulfide) groups is 2. The molecule has 1 fully saturated rings. The first kappa shape index (κ1) is 20.2. The highest BCUT2D eigenvalue weighted by atomic mass is 32.2. The van der Waals surface area contributed by atoms with Crippen LogP contribution in [0.2, 0.25) is 0 Å². The third-order valence-corrected chi connectivity index (χ3v) is 6.04. The summed E-state index contributed by atoms with van der Waals surface area (Å²) in [5.74, 6) is 3.48. The normalized spacial score (nSPS) is 13.9. The Morgan fingerprint density at radius 2 is 2.11 bits per heavy atom. The van der Waals surface area contributed by atoms with Crippen molar-refractivity contribution in [1.82, 2.24) is 5.43 Å². The highest BCUT2D eigenvalue weighted by molar-refractivity contribution is 8.00. The Hall–Kier alpha value is -2.52. The first-order valence-corrected chi connectivity index (χ1v) is 10.9. The van der Waals surface area contributed by atoms with Crippen molar-refractivity contribution in [2.75, 3.05) is 17.3 Å². The average Bonchev–Trinajstić information content (AvgIpc) is 2.65. The lowest BCUT2D eigenvalue weighted by atomic mass is 10.2. The minimum absolute atomic E-state index is 0.0573. The minimum atomic E-state index is -0.434. The lowest BCUT2D eigenvalue weighted by Gasteiger charge is -2.25. The van der Waals surface area contributed by atoms with Gasteiger partial charge in [0.05, 0.1) is 16.9 Å². The van der Waals surface area contributed by atoms with Gasteiger partial charge in [-0.3, -0.25) is 14.9 Å². The molecule has 0 aliphatic carbocycles. The van der Waals surface area contributed by atoms with E-state index in [0.29, 0.717) is 5.75 Å². The van der Waals surface area contributed by atoms with E-state index in [1.165, 1.54) is 23.9 Å². The van der Waals surface area contributed by atoms with Crippen molar-refractivity contribution in [3.63, 3.8) is 0 Å². The van der Waals surface area contributed by atoms with Gasteiger partial charge in [-0.25, -0.2) is 5.43 Å². The van der Waals surface area contributed by atoms with E-state index in [1.54, 1.807) is 18.3 Å². The number of rotatable bonds is 9. The van der Waals surface area contributed by atoms with E-state index in [1.807, 2.05) is 36.0 Å². The predicted molar refractivity (Wildman–Crippen MR) is 113 cm³/mol. The Balaban J connectivity index is 1.39. The van der Waals surface area contributed by atoms with Gasteiger partial charge in [0.1, 0.15) is 11.9 Å². The number of nitrogens with zero attached hydrogens (tertiary/aromatic N) is 2. The summed E-state index contributed by atoms with van der Waals surface area (Å²) in [6, 6.07) is 13.9. The molecule has 0 atom stereocenters. The Kier molecular flexibility index (Phi) is 7.32. The van der Waals surface area contributed by atoms with Gasteiger partial charge in [-0.15, -0.1) is 11.8 Å². The smallest absolute Gasteiger partial charge is 0.269 e. The number of non-ortho nitro benzene ring substituents is 1. The molecule has 0 saturated carbocycles. The standard InChI is InChI=1S/C19H19N3O4S2/c23-19(13-27-10-14-4-6-16(7-5-14)22(24)25)21-20-9-15-2-1-3-17(8-15)26-18-11-28-12-18/h1-9,18H,10-13H2,(H,21,23)/b20-9-. The zero-order valence-electron chi connectivity index (χ0n) is 14.9. The fraction of sp³-hybridized carbons (Fsp3) is 0.263. The van der Waals surface area contributed by atoms with E-state index in [4.69, 9.17) is 4.74 Å². The molecule has 0 aromatic heterocycles. The van der Waals surface area contributed by atoms with Crippen molar-refractivity contribution in [3.8, 4) is 5.75 Å². The molecular weight excluding hydrogens is 398 g/mol. The molecule has 2 aromatic carbocycles. The van der Waals surface area contributed by atoms with Crippen LogP contribution in [0.4, 0.5) is 5.69 Å². The summed E-state index contributed by atoms with van der Waals surface area (Å²) in [5.41, 5.74) is 4.33. The van der Waals surface area contributed by atoms with Gasteiger partial charge in [0.15, 0.2) is 0 Å². The summed E-state index contributed by atoms with van der Waals surface area (Å²) in [6.45, 7) is 0. The number of benzene rings is 2. The van der Waals surface area contributed by atoms with E-state index in [9.17, 15) is 14.9 Å². The second-order valence-corrected chi connectivity index (χ2v) is 8.12. The molecule has 1 N–H and O–H groups in total.